The Kier molecular flexibility index (Phi) is 8.98. The fourth-order valence-corrected chi connectivity index (χ4v) is 4.79. The summed E-state index contributed by atoms with van der Waals surface area (Å²) in [5, 5.41) is 2.87. The standard InChI is InChI=1S/C29H33FN4O5/c1-4-14-34-24(19-32-15-17-33(18-16-32)27(35)21-8-12-23(38-3)13-9-21)25(28(36)39-5-2)26(31-29(34)37)20-6-10-22(30)11-7-20/h4,6-13,26H,1,5,14-19H2,2-3H3,(H,31,37). The maximum Gasteiger partial charge on any atom is 0.338 e. The minimum atomic E-state index is -0.800. The zero-order valence-electron chi connectivity index (χ0n) is 22.2. The number of nitrogens with one attached hydrogen (secondary N) is 1. The quantitative estimate of drug-likeness (QED) is 0.391. The molecule has 206 valence electrons. The summed E-state index contributed by atoms with van der Waals surface area (Å²) in [6.45, 7) is 8.19. The molecule has 0 aromatic heterocycles. The third-order valence-corrected chi connectivity index (χ3v) is 6.82. The summed E-state index contributed by atoms with van der Waals surface area (Å²) in [7, 11) is 1.58. The van der Waals surface area contributed by atoms with E-state index in [0.29, 0.717) is 54.3 Å². The van der Waals surface area contributed by atoms with Gasteiger partial charge in [0.15, 0.2) is 0 Å². The van der Waals surface area contributed by atoms with Gasteiger partial charge in [0.05, 0.1) is 25.3 Å². The zero-order valence-corrected chi connectivity index (χ0v) is 22.2. The largest absolute Gasteiger partial charge is 0.497 e. The van der Waals surface area contributed by atoms with Crippen molar-refractivity contribution < 1.29 is 28.2 Å². The van der Waals surface area contributed by atoms with Crippen LogP contribution in [0.3, 0.4) is 0 Å². The molecule has 4 rings (SSSR count). The fourth-order valence-electron chi connectivity index (χ4n) is 4.79. The monoisotopic (exact) mass is 536 g/mol. The van der Waals surface area contributed by atoms with E-state index in [1.54, 1.807) is 61.4 Å². The molecule has 2 aromatic rings. The van der Waals surface area contributed by atoms with Gasteiger partial charge in [-0.3, -0.25) is 14.6 Å². The maximum atomic E-state index is 13.6. The van der Waals surface area contributed by atoms with Gasteiger partial charge in [-0.1, -0.05) is 18.2 Å². The molecule has 1 atom stereocenters. The van der Waals surface area contributed by atoms with Crippen LogP contribution in [0.1, 0.15) is 28.9 Å². The highest BCUT2D eigenvalue weighted by Crippen LogP contribution is 2.32. The number of urea groups is 1. The van der Waals surface area contributed by atoms with E-state index < -0.39 is 17.8 Å². The maximum absolute atomic E-state index is 13.6. The van der Waals surface area contributed by atoms with Crippen LogP contribution in [0.5, 0.6) is 5.75 Å². The van der Waals surface area contributed by atoms with Crippen LogP contribution in [-0.4, -0.2) is 85.6 Å². The topological polar surface area (TPSA) is 91.4 Å². The summed E-state index contributed by atoms with van der Waals surface area (Å²) in [5.74, 6) is -0.352. The third kappa shape index (κ3) is 6.28. The lowest BCUT2D eigenvalue weighted by molar-refractivity contribution is -0.139. The SMILES string of the molecule is C=CCN1C(=O)NC(c2ccc(F)cc2)C(C(=O)OCC)=C1CN1CCN(C(=O)c2ccc(OC)cc2)CC1. The highest BCUT2D eigenvalue weighted by atomic mass is 19.1. The summed E-state index contributed by atoms with van der Waals surface area (Å²) in [6, 6.07) is 11.5. The number of hydrogen-bond donors (Lipinski definition) is 1. The van der Waals surface area contributed by atoms with Gasteiger partial charge >= 0.3 is 12.0 Å². The number of halogens is 1. The van der Waals surface area contributed by atoms with Crippen LogP contribution in [-0.2, 0) is 9.53 Å². The minimum Gasteiger partial charge on any atom is -0.497 e. The number of ether oxygens (including phenoxy) is 2. The van der Waals surface area contributed by atoms with Gasteiger partial charge in [-0.15, -0.1) is 6.58 Å². The molecule has 2 aliphatic heterocycles. The van der Waals surface area contributed by atoms with Crippen molar-refractivity contribution in [1.82, 2.24) is 20.0 Å². The second-order valence-electron chi connectivity index (χ2n) is 9.21. The van der Waals surface area contributed by atoms with Gasteiger partial charge < -0.3 is 19.7 Å². The summed E-state index contributed by atoms with van der Waals surface area (Å²) >= 11 is 0. The molecule has 0 bridgehead atoms. The van der Waals surface area contributed by atoms with Crippen LogP contribution in [0.25, 0.3) is 0 Å². The van der Waals surface area contributed by atoms with Crippen molar-refractivity contribution in [2.75, 3.05) is 53.0 Å². The lowest BCUT2D eigenvalue weighted by atomic mass is 9.94. The van der Waals surface area contributed by atoms with E-state index in [2.05, 4.69) is 16.8 Å². The van der Waals surface area contributed by atoms with Crippen LogP contribution in [0, 0.1) is 5.82 Å². The number of nitrogens with zero attached hydrogens (tertiary/aromatic N) is 3. The van der Waals surface area contributed by atoms with Gasteiger partial charge in [-0.2, -0.15) is 0 Å². The normalized spacial score (nSPS) is 18.0. The Morgan fingerprint density at radius 2 is 1.74 bits per heavy atom. The fraction of sp³-hybridized carbons (Fsp3) is 0.345. The first-order valence-corrected chi connectivity index (χ1v) is 12.9. The van der Waals surface area contributed by atoms with Gasteiger partial charge in [0.25, 0.3) is 5.91 Å². The predicted octanol–water partition coefficient (Wildman–Crippen LogP) is 3.36. The van der Waals surface area contributed by atoms with E-state index in [0.717, 1.165) is 0 Å². The van der Waals surface area contributed by atoms with Crippen LogP contribution < -0.4 is 10.1 Å². The van der Waals surface area contributed by atoms with Crippen molar-refractivity contribution in [2.24, 2.45) is 0 Å². The van der Waals surface area contributed by atoms with Gasteiger partial charge in [0.2, 0.25) is 0 Å². The number of carbonyl (C=O) groups is 3. The molecule has 2 aliphatic rings. The van der Waals surface area contributed by atoms with Crippen molar-refractivity contribution in [2.45, 2.75) is 13.0 Å². The van der Waals surface area contributed by atoms with Crippen LogP contribution in [0.15, 0.2) is 72.5 Å². The lowest BCUT2D eigenvalue weighted by Gasteiger charge is -2.40. The highest BCUT2D eigenvalue weighted by Gasteiger charge is 2.39. The number of piperazine rings is 1. The van der Waals surface area contributed by atoms with Gasteiger partial charge in [-0.05, 0) is 48.9 Å². The number of rotatable bonds is 9. The van der Waals surface area contributed by atoms with E-state index in [-0.39, 0.29) is 31.6 Å². The first kappa shape index (κ1) is 27.8. The first-order chi connectivity index (χ1) is 18.9. The van der Waals surface area contributed by atoms with E-state index >= 15 is 0 Å². The highest BCUT2D eigenvalue weighted by molar-refractivity contribution is 5.95. The van der Waals surface area contributed by atoms with Crippen LogP contribution >= 0.6 is 0 Å². The van der Waals surface area contributed by atoms with Crippen molar-refractivity contribution in [1.29, 1.82) is 0 Å². The molecule has 1 N–H and O–H groups in total. The van der Waals surface area contributed by atoms with Crippen LogP contribution in [0.4, 0.5) is 9.18 Å². The Morgan fingerprint density at radius 1 is 1.08 bits per heavy atom. The van der Waals surface area contributed by atoms with Crippen molar-refractivity contribution >= 4 is 17.9 Å². The lowest BCUT2D eigenvalue weighted by Crippen LogP contribution is -2.53. The molecule has 3 amide bonds. The van der Waals surface area contributed by atoms with Crippen molar-refractivity contribution in [3.8, 4) is 5.75 Å². The number of hydrogen-bond acceptors (Lipinski definition) is 6. The Bertz CT molecular complexity index is 1240. The zero-order chi connectivity index (χ0) is 27.9. The second kappa shape index (κ2) is 12.6. The average molecular weight is 537 g/mol. The predicted molar refractivity (Wildman–Crippen MR) is 144 cm³/mol. The van der Waals surface area contributed by atoms with Gasteiger partial charge in [-0.25, -0.2) is 14.0 Å². The average Bonchev–Trinajstić information content (AvgIpc) is 2.95. The van der Waals surface area contributed by atoms with Crippen LogP contribution in [0.2, 0.25) is 0 Å². The third-order valence-electron chi connectivity index (χ3n) is 6.82. The number of esters is 1. The van der Waals surface area contributed by atoms with Crippen molar-refractivity contribution in [3.63, 3.8) is 0 Å². The van der Waals surface area contributed by atoms with Gasteiger partial charge in [0, 0.05) is 50.5 Å². The molecule has 0 saturated carbocycles. The first-order valence-electron chi connectivity index (χ1n) is 12.9. The summed E-state index contributed by atoms with van der Waals surface area (Å²) < 4.78 is 24.2. The molecule has 0 radical (unpaired) electrons. The molecular weight excluding hydrogens is 503 g/mol. The van der Waals surface area contributed by atoms with Gasteiger partial charge in [0.1, 0.15) is 11.6 Å². The Hall–Kier alpha value is -4.18. The molecule has 2 heterocycles. The smallest absolute Gasteiger partial charge is 0.338 e. The van der Waals surface area contributed by atoms with Crippen molar-refractivity contribution in [3.05, 3.63) is 89.4 Å². The molecule has 1 unspecified atom stereocenters. The summed E-state index contributed by atoms with van der Waals surface area (Å²) in [4.78, 5) is 44.8. The molecule has 1 saturated heterocycles. The molecule has 10 heteroatoms. The van der Waals surface area contributed by atoms with E-state index in [1.807, 2.05) is 0 Å². The minimum absolute atomic E-state index is 0.0644. The molecule has 0 aliphatic carbocycles. The van der Waals surface area contributed by atoms with E-state index in [4.69, 9.17) is 9.47 Å². The summed E-state index contributed by atoms with van der Waals surface area (Å²) in [6.07, 6.45) is 1.59. The molecule has 2 aromatic carbocycles. The number of methoxy groups -OCH3 is 1. The Morgan fingerprint density at radius 3 is 2.33 bits per heavy atom. The molecule has 0 spiro atoms. The molecule has 1 fully saturated rings. The molecule has 39 heavy (non-hydrogen) atoms. The Labute approximate surface area is 227 Å². The molecule has 9 nitrogen and oxygen atoms in total. The Balaban J connectivity index is 1.59. The van der Waals surface area contributed by atoms with E-state index in [1.165, 1.54) is 17.0 Å². The molecular formula is C29H33FN4O5. The second-order valence-corrected chi connectivity index (χ2v) is 9.21. The number of benzene rings is 2. The van der Waals surface area contributed by atoms with E-state index in [9.17, 15) is 18.8 Å². The number of carbonyl (C=O) groups excluding carboxylic acids is 3. The summed E-state index contributed by atoms with van der Waals surface area (Å²) in [5.41, 5.74) is 1.95. The number of amides is 3.